The van der Waals surface area contributed by atoms with E-state index in [1.54, 1.807) is 48.5 Å². The van der Waals surface area contributed by atoms with Crippen molar-refractivity contribution in [2.24, 2.45) is 0 Å². The molecule has 0 aromatic heterocycles. The second-order valence-corrected chi connectivity index (χ2v) is 4.28. The number of nitrogens with zero attached hydrogens (tertiary/aromatic N) is 1. The van der Waals surface area contributed by atoms with Crippen molar-refractivity contribution in [3.63, 3.8) is 0 Å². The fourth-order valence-corrected chi connectivity index (χ4v) is 2.27. The number of carbonyl (C=O) groups excluding carboxylic acids is 2. The first-order valence-electron chi connectivity index (χ1n) is 5.90. The highest BCUT2D eigenvalue weighted by Crippen LogP contribution is 2.30. The molecule has 0 unspecified atom stereocenters. The zero-order valence-electron chi connectivity index (χ0n) is 10.0. The monoisotopic (exact) mass is 253 g/mol. The second kappa shape index (κ2) is 4.33. The van der Waals surface area contributed by atoms with Gasteiger partial charge < -0.3 is 5.11 Å². The van der Waals surface area contributed by atoms with Gasteiger partial charge >= 0.3 is 0 Å². The van der Waals surface area contributed by atoms with Crippen LogP contribution in [0.3, 0.4) is 0 Å². The number of anilines is 1. The van der Waals surface area contributed by atoms with E-state index in [2.05, 4.69) is 0 Å². The van der Waals surface area contributed by atoms with Gasteiger partial charge in [-0.05, 0) is 18.2 Å². The number of para-hydroxylation sites is 1. The lowest BCUT2D eigenvalue weighted by Gasteiger charge is -2.16. The van der Waals surface area contributed by atoms with E-state index in [4.69, 9.17) is 0 Å². The Hall–Kier alpha value is -2.46. The Morgan fingerprint density at radius 2 is 1.37 bits per heavy atom. The normalized spacial score (nSPS) is 13.8. The zero-order valence-corrected chi connectivity index (χ0v) is 10.0. The summed E-state index contributed by atoms with van der Waals surface area (Å²) in [4.78, 5) is 25.7. The van der Waals surface area contributed by atoms with Crippen LogP contribution in [-0.2, 0) is 6.61 Å². The molecule has 0 atom stereocenters. The summed E-state index contributed by atoms with van der Waals surface area (Å²) in [6, 6.07) is 13.6. The lowest BCUT2D eigenvalue weighted by Crippen LogP contribution is -2.30. The maximum absolute atomic E-state index is 12.3. The largest absolute Gasteiger partial charge is 0.392 e. The molecule has 4 heteroatoms. The minimum atomic E-state index is -0.346. The molecule has 3 rings (SSSR count). The number of benzene rings is 2. The minimum Gasteiger partial charge on any atom is -0.392 e. The van der Waals surface area contributed by atoms with E-state index in [0.717, 1.165) is 4.90 Å². The van der Waals surface area contributed by atoms with Crippen molar-refractivity contribution >= 4 is 17.5 Å². The van der Waals surface area contributed by atoms with Gasteiger partial charge in [0.15, 0.2) is 0 Å². The van der Waals surface area contributed by atoms with Crippen LogP contribution in [0, 0.1) is 0 Å². The summed E-state index contributed by atoms with van der Waals surface area (Å²) in [5.74, 6) is -0.692. The van der Waals surface area contributed by atoms with Gasteiger partial charge in [-0.2, -0.15) is 0 Å². The van der Waals surface area contributed by atoms with E-state index in [1.807, 2.05) is 0 Å². The van der Waals surface area contributed by atoms with Crippen LogP contribution in [0.25, 0.3) is 0 Å². The summed E-state index contributed by atoms with van der Waals surface area (Å²) in [7, 11) is 0. The highest BCUT2D eigenvalue weighted by Gasteiger charge is 2.36. The summed E-state index contributed by atoms with van der Waals surface area (Å²) in [5, 5.41) is 9.32. The average Bonchev–Trinajstić information content (AvgIpc) is 2.71. The Morgan fingerprint density at radius 3 is 1.95 bits per heavy atom. The van der Waals surface area contributed by atoms with Crippen molar-refractivity contribution in [2.45, 2.75) is 6.61 Å². The highest BCUT2D eigenvalue weighted by atomic mass is 16.3. The first kappa shape index (κ1) is 11.6. The van der Waals surface area contributed by atoms with Gasteiger partial charge in [0.2, 0.25) is 0 Å². The van der Waals surface area contributed by atoms with Crippen LogP contribution >= 0.6 is 0 Å². The second-order valence-electron chi connectivity index (χ2n) is 4.28. The Labute approximate surface area is 109 Å². The summed E-state index contributed by atoms with van der Waals surface area (Å²) >= 11 is 0. The van der Waals surface area contributed by atoms with Crippen LogP contribution < -0.4 is 4.90 Å². The molecule has 0 aliphatic carbocycles. The molecule has 94 valence electrons. The van der Waals surface area contributed by atoms with E-state index in [0.29, 0.717) is 22.4 Å². The van der Waals surface area contributed by atoms with Gasteiger partial charge in [-0.1, -0.05) is 30.3 Å². The molecule has 2 aromatic rings. The highest BCUT2D eigenvalue weighted by molar-refractivity contribution is 6.34. The number of hydrogen-bond acceptors (Lipinski definition) is 3. The molecule has 4 nitrogen and oxygen atoms in total. The van der Waals surface area contributed by atoms with Crippen molar-refractivity contribution in [2.75, 3.05) is 4.90 Å². The number of imide groups is 1. The van der Waals surface area contributed by atoms with Crippen molar-refractivity contribution in [3.8, 4) is 0 Å². The van der Waals surface area contributed by atoms with Crippen molar-refractivity contribution < 1.29 is 14.7 Å². The lowest BCUT2D eigenvalue weighted by atomic mass is 10.1. The Kier molecular flexibility index (Phi) is 2.65. The predicted octanol–water partition coefficient (Wildman–Crippen LogP) is 1.98. The summed E-state index contributed by atoms with van der Waals surface area (Å²) in [6.45, 7) is -0.219. The summed E-state index contributed by atoms with van der Waals surface area (Å²) in [5.41, 5.74) is 1.80. The van der Waals surface area contributed by atoms with Gasteiger partial charge in [0.05, 0.1) is 23.4 Å². The first-order chi connectivity index (χ1) is 9.24. The molecule has 0 bridgehead atoms. The Bertz CT molecular complexity index is 644. The van der Waals surface area contributed by atoms with Crippen LogP contribution in [0.5, 0.6) is 0 Å². The number of aliphatic hydroxyl groups is 1. The van der Waals surface area contributed by atoms with E-state index < -0.39 is 0 Å². The molecule has 2 amide bonds. The topological polar surface area (TPSA) is 57.6 Å². The zero-order chi connectivity index (χ0) is 13.4. The average molecular weight is 253 g/mol. The number of amides is 2. The maximum Gasteiger partial charge on any atom is 0.266 e. The van der Waals surface area contributed by atoms with E-state index in [-0.39, 0.29) is 18.4 Å². The fourth-order valence-electron chi connectivity index (χ4n) is 2.27. The molecule has 0 spiro atoms. The van der Waals surface area contributed by atoms with Crippen LogP contribution in [0.2, 0.25) is 0 Å². The van der Waals surface area contributed by atoms with Crippen LogP contribution in [0.1, 0.15) is 26.3 Å². The van der Waals surface area contributed by atoms with Gasteiger partial charge in [0.1, 0.15) is 0 Å². The molecular weight excluding hydrogens is 242 g/mol. The molecule has 1 N–H and O–H groups in total. The van der Waals surface area contributed by atoms with Gasteiger partial charge in [-0.3, -0.25) is 9.59 Å². The quantitative estimate of drug-likeness (QED) is 0.832. The number of fused-ring (bicyclic) bond motifs is 1. The van der Waals surface area contributed by atoms with Crippen LogP contribution in [-0.4, -0.2) is 16.9 Å². The third-order valence-electron chi connectivity index (χ3n) is 3.20. The summed E-state index contributed by atoms with van der Waals surface area (Å²) in [6.07, 6.45) is 0. The number of rotatable bonds is 2. The minimum absolute atomic E-state index is 0.219. The van der Waals surface area contributed by atoms with E-state index in [9.17, 15) is 14.7 Å². The number of hydrogen-bond donors (Lipinski definition) is 1. The molecule has 0 radical (unpaired) electrons. The third kappa shape index (κ3) is 1.65. The van der Waals surface area contributed by atoms with E-state index >= 15 is 0 Å². The number of aliphatic hydroxyl groups excluding tert-OH is 1. The predicted molar refractivity (Wildman–Crippen MR) is 69.9 cm³/mol. The summed E-state index contributed by atoms with van der Waals surface area (Å²) < 4.78 is 0. The van der Waals surface area contributed by atoms with E-state index in [1.165, 1.54) is 0 Å². The van der Waals surface area contributed by atoms with Crippen molar-refractivity contribution in [3.05, 3.63) is 65.2 Å². The lowest BCUT2D eigenvalue weighted by molar-refractivity contribution is 0.0925. The molecule has 0 fully saturated rings. The SMILES string of the molecule is O=C1c2ccccc2C(=O)N1c1ccccc1CO. The van der Waals surface area contributed by atoms with Crippen molar-refractivity contribution in [1.29, 1.82) is 0 Å². The standard InChI is InChI=1S/C15H11NO3/c17-9-10-5-1-4-8-13(10)16-14(18)11-6-2-3-7-12(11)15(16)19/h1-8,17H,9H2. The fraction of sp³-hybridized carbons (Fsp3) is 0.0667. The molecular formula is C15H11NO3. The van der Waals surface area contributed by atoms with Gasteiger partial charge in [-0.25, -0.2) is 4.90 Å². The number of carbonyl (C=O) groups is 2. The first-order valence-corrected chi connectivity index (χ1v) is 5.90. The van der Waals surface area contributed by atoms with Gasteiger partial charge in [-0.15, -0.1) is 0 Å². The smallest absolute Gasteiger partial charge is 0.266 e. The molecule has 0 saturated heterocycles. The molecule has 1 aliphatic rings. The molecule has 1 aliphatic heterocycles. The van der Waals surface area contributed by atoms with Crippen LogP contribution in [0.15, 0.2) is 48.5 Å². The van der Waals surface area contributed by atoms with Gasteiger partial charge in [0, 0.05) is 5.56 Å². The van der Waals surface area contributed by atoms with Crippen molar-refractivity contribution in [1.82, 2.24) is 0 Å². The molecule has 2 aromatic carbocycles. The molecule has 0 saturated carbocycles. The Morgan fingerprint density at radius 1 is 0.842 bits per heavy atom. The van der Waals surface area contributed by atoms with Crippen LogP contribution in [0.4, 0.5) is 5.69 Å². The molecule has 19 heavy (non-hydrogen) atoms. The maximum atomic E-state index is 12.3. The Balaban J connectivity index is 2.14. The third-order valence-corrected chi connectivity index (χ3v) is 3.20. The van der Waals surface area contributed by atoms with Gasteiger partial charge in [0.25, 0.3) is 11.8 Å². The molecule has 1 heterocycles.